The van der Waals surface area contributed by atoms with Crippen molar-refractivity contribution in [1.29, 1.82) is 0 Å². The highest BCUT2D eigenvalue weighted by atomic mass is 19.1. The average molecular weight is 876 g/mol. The molecule has 2 N–H and O–H groups in total. The predicted molar refractivity (Wildman–Crippen MR) is 255 cm³/mol. The molecule has 342 valence electrons. The van der Waals surface area contributed by atoms with Crippen LogP contribution in [0.2, 0.25) is 0 Å². The van der Waals surface area contributed by atoms with Gasteiger partial charge in [0.05, 0.1) is 55.9 Å². The fourth-order valence-electron chi connectivity index (χ4n) is 9.85. The Hall–Kier alpha value is -4.85. The molecule has 2 unspecified atom stereocenters. The lowest BCUT2D eigenvalue weighted by Gasteiger charge is -2.41. The fourth-order valence-corrected chi connectivity index (χ4v) is 9.85. The van der Waals surface area contributed by atoms with Crippen LogP contribution in [-0.4, -0.2) is 119 Å². The first-order valence-corrected chi connectivity index (χ1v) is 23.0. The minimum absolute atomic E-state index is 0.0579. The van der Waals surface area contributed by atoms with Crippen molar-refractivity contribution in [2.45, 2.75) is 69.5 Å². The number of nitrogens with one attached hydrogen (secondary N) is 2. The zero-order valence-corrected chi connectivity index (χ0v) is 38.9. The maximum Gasteiger partial charge on any atom is 0.123 e. The summed E-state index contributed by atoms with van der Waals surface area (Å²) in [6, 6.07) is 25.1. The molecule has 6 aromatic rings. The van der Waals surface area contributed by atoms with Crippen molar-refractivity contribution in [2.75, 3.05) is 104 Å². The second-order valence-corrected chi connectivity index (χ2v) is 18.9. The van der Waals surface area contributed by atoms with E-state index in [0.717, 1.165) is 111 Å². The Balaban J connectivity index is 0.000000175. The van der Waals surface area contributed by atoms with E-state index in [0.29, 0.717) is 13.2 Å². The molecule has 3 fully saturated rings. The Kier molecular flexibility index (Phi) is 14.1. The van der Waals surface area contributed by atoms with Gasteiger partial charge >= 0.3 is 0 Å². The van der Waals surface area contributed by atoms with Crippen LogP contribution in [0.4, 0.5) is 20.2 Å². The van der Waals surface area contributed by atoms with Crippen molar-refractivity contribution in [3.8, 4) is 0 Å². The van der Waals surface area contributed by atoms with Gasteiger partial charge < -0.3 is 38.8 Å². The second kappa shape index (κ2) is 19.7. The number of aromatic nitrogens is 3. The van der Waals surface area contributed by atoms with E-state index in [1.807, 2.05) is 30.5 Å². The molecule has 0 aliphatic carbocycles. The summed E-state index contributed by atoms with van der Waals surface area (Å²) in [5, 5.41) is 9.77. The number of aryl methyl sites for hydroxylation is 1. The molecule has 10 nitrogen and oxygen atoms in total. The lowest BCUT2D eigenvalue weighted by atomic mass is 9.73. The number of hydrogen-bond acceptors (Lipinski definition) is 8. The van der Waals surface area contributed by atoms with Crippen LogP contribution in [0.3, 0.4) is 0 Å². The Bertz CT molecular complexity index is 2450. The van der Waals surface area contributed by atoms with Gasteiger partial charge in [-0.25, -0.2) is 8.78 Å². The number of hydrogen-bond donors (Lipinski definition) is 2. The number of fused-ring (bicyclic) bond motifs is 2. The third kappa shape index (κ3) is 10.2. The molecule has 9 rings (SSSR count). The number of ether oxygens (including phenoxy) is 3. The molecule has 0 amide bonds. The molecule has 0 radical (unpaired) electrons. The quantitative estimate of drug-likeness (QED) is 0.126. The minimum atomic E-state index is -0.197. The summed E-state index contributed by atoms with van der Waals surface area (Å²) in [5.41, 5.74) is 10.1. The molecule has 3 aliphatic heterocycles. The maximum atomic E-state index is 13.6. The van der Waals surface area contributed by atoms with Crippen molar-refractivity contribution < 1.29 is 23.0 Å². The number of aromatic amines is 2. The molecule has 2 atom stereocenters. The van der Waals surface area contributed by atoms with Crippen LogP contribution in [-0.2, 0) is 25.0 Å². The van der Waals surface area contributed by atoms with E-state index in [1.165, 1.54) is 27.9 Å². The number of likely N-dealkylation sites (tertiary alicyclic amines) is 2. The monoisotopic (exact) mass is 876 g/mol. The van der Waals surface area contributed by atoms with Gasteiger partial charge in [-0.2, -0.15) is 5.10 Å². The van der Waals surface area contributed by atoms with Gasteiger partial charge in [0.25, 0.3) is 0 Å². The SMILES string of the molecule is CC(OCC1(c2ccc(F)cc2)CCN(C)CC1)c1cc(N2CCOCC2)cc2cn[nH]c12.Cc1cc2cc(N(C)C)cc(C(C)OCC3(c4ccc(F)cc4)CCN(C)CC3)c2[nH]1. The lowest BCUT2D eigenvalue weighted by molar-refractivity contribution is 0.00693. The first-order valence-electron chi connectivity index (χ1n) is 23.0. The first-order chi connectivity index (χ1) is 30.8. The Morgan fingerprint density at radius 1 is 0.688 bits per heavy atom. The zero-order chi connectivity index (χ0) is 45.0. The molecule has 0 saturated carbocycles. The van der Waals surface area contributed by atoms with Crippen molar-refractivity contribution >= 4 is 33.2 Å². The molecule has 0 spiro atoms. The number of rotatable bonds is 12. The van der Waals surface area contributed by atoms with Gasteiger partial charge in [0, 0.05) is 77.0 Å². The highest BCUT2D eigenvalue weighted by Crippen LogP contribution is 2.40. The second-order valence-electron chi connectivity index (χ2n) is 18.9. The van der Waals surface area contributed by atoms with Crippen molar-refractivity contribution in [3.05, 3.63) is 125 Å². The van der Waals surface area contributed by atoms with Crippen LogP contribution < -0.4 is 9.80 Å². The molecule has 2 aromatic heterocycles. The van der Waals surface area contributed by atoms with Crippen molar-refractivity contribution in [3.63, 3.8) is 0 Å². The summed E-state index contributed by atoms with van der Waals surface area (Å²) >= 11 is 0. The van der Waals surface area contributed by atoms with Crippen LogP contribution in [0.15, 0.2) is 85.1 Å². The number of morpholine rings is 1. The third-order valence-corrected chi connectivity index (χ3v) is 14.2. The van der Waals surface area contributed by atoms with Gasteiger partial charge in [-0.05, 0) is 152 Å². The highest BCUT2D eigenvalue weighted by molar-refractivity contribution is 5.88. The van der Waals surface area contributed by atoms with Crippen LogP contribution >= 0.6 is 0 Å². The van der Waals surface area contributed by atoms with Crippen LogP contribution in [0.5, 0.6) is 0 Å². The molecule has 64 heavy (non-hydrogen) atoms. The molecule has 4 aromatic carbocycles. The summed E-state index contributed by atoms with van der Waals surface area (Å²) in [5.74, 6) is -0.385. The predicted octanol–water partition coefficient (Wildman–Crippen LogP) is 9.70. The van der Waals surface area contributed by atoms with E-state index in [9.17, 15) is 8.78 Å². The summed E-state index contributed by atoms with van der Waals surface area (Å²) < 4.78 is 45.9. The summed E-state index contributed by atoms with van der Waals surface area (Å²) in [6.45, 7) is 14.9. The Morgan fingerprint density at radius 2 is 1.20 bits per heavy atom. The third-order valence-electron chi connectivity index (χ3n) is 14.2. The fraction of sp³-hybridized carbons (Fsp3) is 0.481. The molecule has 12 heteroatoms. The van der Waals surface area contributed by atoms with Gasteiger partial charge in [-0.3, -0.25) is 5.10 Å². The topological polar surface area (TPSA) is 85.1 Å². The molecular weight excluding hydrogens is 809 g/mol. The Morgan fingerprint density at radius 3 is 1.72 bits per heavy atom. The zero-order valence-electron chi connectivity index (χ0n) is 38.9. The molecule has 3 aliphatic rings. The largest absolute Gasteiger partial charge is 0.378 e. The van der Waals surface area contributed by atoms with Crippen LogP contribution in [0, 0.1) is 18.6 Å². The number of H-pyrrole nitrogens is 2. The van der Waals surface area contributed by atoms with Gasteiger partial charge in [0.15, 0.2) is 0 Å². The van der Waals surface area contributed by atoms with Gasteiger partial charge in [0.2, 0.25) is 0 Å². The smallest absolute Gasteiger partial charge is 0.123 e. The van der Waals surface area contributed by atoms with E-state index in [1.54, 1.807) is 24.3 Å². The normalized spacial score (nSPS) is 19.0. The molecule has 0 bridgehead atoms. The van der Waals surface area contributed by atoms with Crippen molar-refractivity contribution in [2.24, 2.45) is 0 Å². The molecule has 5 heterocycles. The van der Waals surface area contributed by atoms with Crippen molar-refractivity contribution in [1.82, 2.24) is 25.0 Å². The van der Waals surface area contributed by atoms with E-state index < -0.39 is 0 Å². The van der Waals surface area contributed by atoms with E-state index in [4.69, 9.17) is 14.2 Å². The summed E-state index contributed by atoms with van der Waals surface area (Å²) in [4.78, 5) is 12.7. The summed E-state index contributed by atoms with van der Waals surface area (Å²) in [6.07, 6.45) is 5.73. The molecular formula is C52H67F2N7O3. The van der Waals surface area contributed by atoms with Gasteiger partial charge in [0.1, 0.15) is 11.6 Å². The maximum absolute atomic E-state index is 13.6. The standard InChI is InChI=1S/C26H33FN4O2.C26H34FN3O/c1-19(24-16-23(31-11-13-32-14-12-31)15-20-17-28-29-25(20)24)33-18-26(7-9-30(2)10-8-26)21-3-5-22(27)6-4-21;1-18-14-20-15-23(29(3)4)16-24(25(20)28-18)19(2)31-17-26(10-12-30(5)13-11-26)21-6-8-22(27)9-7-21/h3-6,15-17,19H,7-14,18H2,1-2H3,(H,28,29);6-9,14-16,19,28H,10-13,17H2,1-5H3. The number of nitrogens with zero attached hydrogens (tertiary/aromatic N) is 5. The van der Waals surface area contributed by atoms with E-state index >= 15 is 0 Å². The van der Waals surface area contributed by atoms with Crippen LogP contribution in [0.25, 0.3) is 21.8 Å². The number of anilines is 2. The number of piperidine rings is 2. The average Bonchev–Trinajstić information content (AvgIpc) is 3.95. The first kappa shape index (κ1) is 45.7. The Labute approximate surface area is 377 Å². The van der Waals surface area contributed by atoms with Crippen LogP contribution in [0.1, 0.15) is 79.7 Å². The lowest BCUT2D eigenvalue weighted by Crippen LogP contribution is -2.44. The van der Waals surface area contributed by atoms with Gasteiger partial charge in [-0.15, -0.1) is 0 Å². The summed E-state index contributed by atoms with van der Waals surface area (Å²) in [7, 11) is 8.45. The van der Waals surface area contributed by atoms with E-state index in [2.05, 4.69) is 114 Å². The number of halogens is 2. The minimum Gasteiger partial charge on any atom is -0.378 e. The molecule has 3 saturated heterocycles. The van der Waals surface area contributed by atoms with E-state index in [-0.39, 0.29) is 34.7 Å². The highest BCUT2D eigenvalue weighted by Gasteiger charge is 2.38. The number of benzene rings is 4. The van der Waals surface area contributed by atoms with Gasteiger partial charge in [-0.1, -0.05) is 24.3 Å².